The molecule has 0 aliphatic heterocycles. The zero-order valence-corrected chi connectivity index (χ0v) is 8.61. The number of carbonyl (C=O) groups is 3. The Morgan fingerprint density at radius 3 is 2.20 bits per heavy atom. The Kier molecular flexibility index (Phi) is 5.14. The molecule has 3 amide bonds. The number of rotatable bonds is 5. The van der Waals surface area contributed by atoms with Crippen molar-refractivity contribution in [3.8, 4) is 0 Å². The van der Waals surface area contributed by atoms with Crippen LogP contribution in [0.4, 0.5) is 4.79 Å². The van der Waals surface area contributed by atoms with E-state index >= 15 is 0 Å². The van der Waals surface area contributed by atoms with Crippen LogP contribution < -0.4 is 16.4 Å². The molecule has 0 aromatic rings. The number of nitrogens with one attached hydrogen (secondary N) is 2. The lowest BCUT2D eigenvalue weighted by atomic mass is 10.2. The van der Waals surface area contributed by atoms with Crippen LogP contribution in [-0.2, 0) is 9.59 Å². The Morgan fingerprint density at radius 1 is 1.33 bits per heavy atom. The van der Waals surface area contributed by atoms with E-state index in [0.717, 1.165) is 0 Å². The van der Waals surface area contributed by atoms with Crippen molar-refractivity contribution in [3.05, 3.63) is 0 Å². The number of urea groups is 1. The van der Waals surface area contributed by atoms with Crippen molar-refractivity contribution >= 4 is 17.9 Å². The first-order valence-corrected chi connectivity index (χ1v) is 4.47. The summed E-state index contributed by atoms with van der Waals surface area (Å²) in [7, 11) is 0. The zero-order valence-electron chi connectivity index (χ0n) is 8.61. The van der Waals surface area contributed by atoms with Crippen molar-refractivity contribution in [2.24, 2.45) is 5.73 Å². The summed E-state index contributed by atoms with van der Waals surface area (Å²) in [6.45, 7) is 3.04. The number of nitrogens with two attached hydrogens (primary N) is 1. The smallest absolute Gasteiger partial charge is 0.326 e. The standard InChI is InChI=1S/C8H15N3O4/c1-3-5(7(13)14)11-6(12)4(2)10-8(9)15/h4-5H,3H2,1-2H3,(H,11,12)(H,13,14)(H3,9,10,15)/t4?,5-/m0/s1. The van der Waals surface area contributed by atoms with E-state index in [9.17, 15) is 14.4 Å². The largest absolute Gasteiger partial charge is 0.480 e. The van der Waals surface area contributed by atoms with E-state index in [1.54, 1.807) is 6.92 Å². The summed E-state index contributed by atoms with van der Waals surface area (Å²) in [5.41, 5.74) is 4.81. The van der Waals surface area contributed by atoms with Gasteiger partial charge in [-0.25, -0.2) is 9.59 Å². The molecule has 0 saturated carbocycles. The van der Waals surface area contributed by atoms with E-state index in [1.807, 2.05) is 0 Å². The Labute approximate surface area is 87.0 Å². The quantitative estimate of drug-likeness (QED) is 0.473. The highest BCUT2D eigenvalue weighted by atomic mass is 16.4. The first-order chi connectivity index (χ1) is 6.88. The van der Waals surface area contributed by atoms with Crippen LogP contribution in [0.2, 0.25) is 0 Å². The minimum Gasteiger partial charge on any atom is -0.480 e. The molecule has 0 aliphatic carbocycles. The van der Waals surface area contributed by atoms with Gasteiger partial charge in [0.2, 0.25) is 5.91 Å². The van der Waals surface area contributed by atoms with E-state index in [1.165, 1.54) is 6.92 Å². The van der Waals surface area contributed by atoms with Gasteiger partial charge in [-0.05, 0) is 13.3 Å². The number of amides is 3. The number of carboxylic acid groups (broad SMARTS) is 1. The van der Waals surface area contributed by atoms with E-state index < -0.39 is 30.0 Å². The SMILES string of the molecule is CC[C@H](NC(=O)C(C)NC(N)=O)C(=O)O. The van der Waals surface area contributed by atoms with Crippen LogP contribution in [-0.4, -0.2) is 35.1 Å². The molecule has 2 atom stereocenters. The van der Waals surface area contributed by atoms with Crippen molar-refractivity contribution < 1.29 is 19.5 Å². The molecule has 0 aromatic heterocycles. The Balaban J connectivity index is 4.21. The topological polar surface area (TPSA) is 122 Å². The summed E-state index contributed by atoms with van der Waals surface area (Å²) in [5, 5.41) is 13.1. The van der Waals surface area contributed by atoms with Crippen molar-refractivity contribution in [1.82, 2.24) is 10.6 Å². The lowest BCUT2D eigenvalue weighted by Gasteiger charge is -2.16. The summed E-state index contributed by atoms with van der Waals surface area (Å²) in [4.78, 5) is 32.3. The molecule has 0 fully saturated rings. The predicted molar refractivity (Wildman–Crippen MR) is 52.0 cm³/mol. The number of carboxylic acids is 1. The second kappa shape index (κ2) is 5.84. The molecule has 7 heteroatoms. The van der Waals surface area contributed by atoms with Gasteiger partial charge in [0.1, 0.15) is 12.1 Å². The van der Waals surface area contributed by atoms with Gasteiger partial charge in [0.15, 0.2) is 0 Å². The fourth-order valence-corrected chi connectivity index (χ4v) is 0.914. The van der Waals surface area contributed by atoms with Gasteiger partial charge in [-0.1, -0.05) is 6.92 Å². The van der Waals surface area contributed by atoms with Crippen molar-refractivity contribution in [1.29, 1.82) is 0 Å². The lowest BCUT2D eigenvalue weighted by molar-refractivity contribution is -0.142. The van der Waals surface area contributed by atoms with Crippen LogP contribution in [0.15, 0.2) is 0 Å². The molecule has 0 saturated heterocycles. The van der Waals surface area contributed by atoms with Crippen molar-refractivity contribution in [3.63, 3.8) is 0 Å². The third-order valence-corrected chi connectivity index (χ3v) is 1.77. The molecule has 0 bridgehead atoms. The number of primary amides is 1. The number of carbonyl (C=O) groups excluding carboxylic acids is 2. The predicted octanol–water partition coefficient (Wildman–Crippen LogP) is -0.977. The number of aliphatic carboxylic acids is 1. The fourth-order valence-electron chi connectivity index (χ4n) is 0.914. The van der Waals surface area contributed by atoms with E-state index in [2.05, 4.69) is 10.6 Å². The van der Waals surface area contributed by atoms with Crippen LogP contribution in [0.3, 0.4) is 0 Å². The molecule has 1 unspecified atom stereocenters. The van der Waals surface area contributed by atoms with Crippen LogP contribution in [0.25, 0.3) is 0 Å². The van der Waals surface area contributed by atoms with Crippen molar-refractivity contribution in [2.45, 2.75) is 32.4 Å². The van der Waals surface area contributed by atoms with Crippen LogP contribution >= 0.6 is 0 Å². The normalized spacial score (nSPS) is 13.7. The molecule has 0 radical (unpaired) electrons. The summed E-state index contributed by atoms with van der Waals surface area (Å²) < 4.78 is 0. The highest BCUT2D eigenvalue weighted by Crippen LogP contribution is 1.92. The fraction of sp³-hybridized carbons (Fsp3) is 0.625. The number of hydrogen-bond acceptors (Lipinski definition) is 3. The molecule has 0 heterocycles. The molecule has 7 nitrogen and oxygen atoms in total. The molecule has 0 rings (SSSR count). The van der Waals surface area contributed by atoms with Gasteiger partial charge in [-0.2, -0.15) is 0 Å². The highest BCUT2D eigenvalue weighted by molar-refractivity contribution is 5.89. The lowest BCUT2D eigenvalue weighted by Crippen LogP contribution is -2.51. The maximum absolute atomic E-state index is 11.3. The second-order valence-corrected chi connectivity index (χ2v) is 3.04. The maximum atomic E-state index is 11.3. The second-order valence-electron chi connectivity index (χ2n) is 3.04. The molecule has 0 aromatic carbocycles. The van der Waals surface area contributed by atoms with Crippen LogP contribution in [0.5, 0.6) is 0 Å². The molecular weight excluding hydrogens is 202 g/mol. The van der Waals surface area contributed by atoms with Gasteiger partial charge in [0, 0.05) is 0 Å². The average Bonchev–Trinajstić information content (AvgIpc) is 2.11. The minimum atomic E-state index is -1.11. The van der Waals surface area contributed by atoms with E-state index in [0.29, 0.717) is 0 Å². The average molecular weight is 217 g/mol. The van der Waals surface area contributed by atoms with Gasteiger partial charge >= 0.3 is 12.0 Å². The Bertz CT molecular complexity index is 267. The summed E-state index contributed by atoms with van der Waals surface area (Å²) in [5.74, 6) is -1.69. The first-order valence-electron chi connectivity index (χ1n) is 4.47. The third kappa shape index (κ3) is 4.84. The van der Waals surface area contributed by atoms with Gasteiger partial charge in [-0.3, -0.25) is 4.79 Å². The van der Waals surface area contributed by atoms with E-state index in [-0.39, 0.29) is 6.42 Å². The molecule has 86 valence electrons. The molecule has 0 aliphatic rings. The molecular formula is C8H15N3O4. The van der Waals surface area contributed by atoms with Gasteiger partial charge in [-0.15, -0.1) is 0 Å². The van der Waals surface area contributed by atoms with E-state index in [4.69, 9.17) is 10.8 Å². The maximum Gasteiger partial charge on any atom is 0.326 e. The zero-order chi connectivity index (χ0) is 12.0. The summed E-state index contributed by atoms with van der Waals surface area (Å²) in [6, 6.07) is -2.63. The van der Waals surface area contributed by atoms with Crippen LogP contribution in [0.1, 0.15) is 20.3 Å². The molecule has 5 N–H and O–H groups in total. The monoisotopic (exact) mass is 217 g/mol. The minimum absolute atomic E-state index is 0.268. The highest BCUT2D eigenvalue weighted by Gasteiger charge is 2.21. The summed E-state index contributed by atoms with van der Waals surface area (Å²) >= 11 is 0. The Hall–Kier alpha value is -1.79. The Morgan fingerprint density at radius 2 is 1.87 bits per heavy atom. The van der Waals surface area contributed by atoms with Gasteiger partial charge in [0.25, 0.3) is 0 Å². The molecule has 0 spiro atoms. The third-order valence-electron chi connectivity index (χ3n) is 1.77. The first kappa shape index (κ1) is 13.2. The summed E-state index contributed by atoms with van der Waals surface area (Å²) in [6.07, 6.45) is 0.268. The molecule has 15 heavy (non-hydrogen) atoms. The van der Waals surface area contributed by atoms with Crippen LogP contribution in [0, 0.1) is 0 Å². The van der Waals surface area contributed by atoms with Crippen molar-refractivity contribution in [2.75, 3.05) is 0 Å². The number of hydrogen-bond donors (Lipinski definition) is 4. The van der Waals surface area contributed by atoms with Gasteiger partial charge < -0.3 is 21.5 Å². The van der Waals surface area contributed by atoms with Gasteiger partial charge in [0.05, 0.1) is 0 Å².